The molecule has 0 fully saturated rings. The number of thiophene rings is 2. The van der Waals surface area contributed by atoms with Crippen molar-refractivity contribution in [2.75, 3.05) is 0 Å². The van der Waals surface area contributed by atoms with Crippen molar-refractivity contribution in [1.29, 1.82) is 0 Å². The molecule has 0 N–H and O–H groups in total. The molecule has 0 aliphatic heterocycles. The molecule has 0 unspecified atom stereocenters. The van der Waals surface area contributed by atoms with Gasteiger partial charge in [-0.15, -0.1) is 22.7 Å². The van der Waals surface area contributed by atoms with Crippen molar-refractivity contribution in [3.63, 3.8) is 0 Å². The van der Waals surface area contributed by atoms with E-state index in [2.05, 4.69) is 194 Å². The number of fused-ring (bicyclic) bond motifs is 8. The average Bonchev–Trinajstić information content (AvgIpc) is 3.91. The molecule has 0 atom stereocenters. The van der Waals surface area contributed by atoms with Crippen LogP contribution in [0.4, 0.5) is 0 Å². The van der Waals surface area contributed by atoms with Gasteiger partial charge >= 0.3 is 0 Å². The first-order chi connectivity index (χ1) is 29.7. The van der Waals surface area contributed by atoms with Crippen molar-refractivity contribution in [1.82, 2.24) is 15.0 Å². The summed E-state index contributed by atoms with van der Waals surface area (Å²) in [6, 6.07) is 71.2. The van der Waals surface area contributed by atoms with Crippen LogP contribution in [0.15, 0.2) is 200 Å². The van der Waals surface area contributed by atoms with E-state index >= 15 is 0 Å². The van der Waals surface area contributed by atoms with Gasteiger partial charge in [0.05, 0.1) is 27.3 Å². The highest BCUT2D eigenvalue weighted by Crippen LogP contribution is 2.46. The minimum absolute atomic E-state index is 0.681. The van der Waals surface area contributed by atoms with E-state index in [-0.39, 0.29) is 0 Å². The van der Waals surface area contributed by atoms with Crippen molar-refractivity contribution in [2.24, 2.45) is 0 Å². The molecule has 0 aliphatic carbocycles. The summed E-state index contributed by atoms with van der Waals surface area (Å²) in [6.45, 7) is 0. The van der Waals surface area contributed by atoms with E-state index < -0.39 is 0 Å². The predicted octanol–water partition coefficient (Wildman–Crippen LogP) is 15.8. The average molecular weight is 800 g/mol. The normalized spacial score (nSPS) is 11.7. The zero-order valence-electron chi connectivity index (χ0n) is 32.2. The number of benzene rings is 8. The van der Waals surface area contributed by atoms with E-state index in [0.717, 1.165) is 44.9 Å². The number of pyridine rings is 1. The van der Waals surface area contributed by atoms with Crippen LogP contribution in [0.2, 0.25) is 0 Å². The van der Waals surface area contributed by atoms with E-state index in [0.29, 0.717) is 5.82 Å². The van der Waals surface area contributed by atoms with Crippen LogP contribution in [0.25, 0.3) is 119 Å². The summed E-state index contributed by atoms with van der Waals surface area (Å²) in [7, 11) is 0. The SMILES string of the molecule is c1ccc(-c2ccc(-c3cccc4nc(-c5cccc(-c6nc(-c7ccccc7)cc(-c7cccc8c7sc7ccccc78)n6)c5)c5sc6ccccc6c5c34)cc2)cc1. The van der Waals surface area contributed by atoms with Gasteiger partial charge in [0.25, 0.3) is 0 Å². The Bertz CT molecular complexity index is 3590. The zero-order chi connectivity index (χ0) is 39.6. The van der Waals surface area contributed by atoms with E-state index in [1.165, 1.54) is 68.0 Å². The first-order valence-electron chi connectivity index (χ1n) is 20.1. The van der Waals surface area contributed by atoms with E-state index in [1.807, 2.05) is 28.7 Å². The Hall–Kier alpha value is -7.31. The predicted molar refractivity (Wildman–Crippen MR) is 256 cm³/mol. The Morgan fingerprint density at radius 3 is 1.70 bits per heavy atom. The van der Waals surface area contributed by atoms with Crippen molar-refractivity contribution in [3.05, 3.63) is 200 Å². The molecule has 4 heterocycles. The molecule has 0 amide bonds. The fourth-order valence-corrected chi connectivity index (χ4v) is 11.1. The van der Waals surface area contributed by atoms with Crippen molar-refractivity contribution in [3.8, 4) is 67.4 Å². The Balaban J connectivity index is 1.04. The van der Waals surface area contributed by atoms with E-state index in [9.17, 15) is 0 Å². The smallest absolute Gasteiger partial charge is 0.160 e. The lowest BCUT2D eigenvalue weighted by Crippen LogP contribution is -1.96. The summed E-state index contributed by atoms with van der Waals surface area (Å²) in [6.07, 6.45) is 0. The summed E-state index contributed by atoms with van der Waals surface area (Å²) >= 11 is 3.63. The minimum atomic E-state index is 0.681. The van der Waals surface area contributed by atoms with Crippen LogP contribution in [0, 0.1) is 0 Å². The molecular formula is C55H33N3S2. The molecule has 0 spiro atoms. The molecule has 0 saturated heterocycles. The lowest BCUT2D eigenvalue weighted by atomic mass is 9.94. The lowest BCUT2D eigenvalue weighted by Gasteiger charge is -2.13. The summed E-state index contributed by atoms with van der Waals surface area (Å²) < 4.78 is 4.92. The van der Waals surface area contributed by atoms with Gasteiger partial charge in [0, 0.05) is 63.3 Å². The summed E-state index contributed by atoms with van der Waals surface area (Å²) in [5.74, 6) is 0.681. The van der Waals surface area contributed by atoms with Gasteiger partial charge in [0.15, 0.2) is 5.82 Å². The van der Waals surface area contributed by atoms with Crippen LogP contribution in [0.3, 0.4) is 0 Å². The number of nitrogens with zero attached hydrogens (tertiary/aromatic N) is 3. The molecule has 0 saturated carbocycles. The van der Waals surface area contributed by atoms with Gasteiger partial charge in [-0.1, -0.05) is 170 Å². The van der Waals surface area contributed by atoms with Gasteiger partial charge in [0.1, 0.15) is 0 Å². The standard InChI is InChI=1S/C55H33N3S2/c1-3-14-34(15-4-1)35-28-30-36(31-29-35)40-22-13-25-45-50(40)51-44-21-8-10-27-49(44)60-54(51)52(56-45)38-18-11-19-39(32-38)55-57-46(37-16-5-2-6-17-37)33-47(58-55)43-24-12-23-42-41-20-7-9-26-48(41)59-53(42)43/h1-33H. The second-order valence-electron chi connectivity index (χ2n) is 15.1. The van der Waals surface area contributed by atoms with Crippen LogP contribution in [-0.2, 0) is 0 Å². The minimum Gasteiger partial charge on any atom is -0.246 e. The Morgan fingerprint density at radius 1 is 0.317 bits per heavy atom. The Morgan fingerprint density at radius 2 is 0.883 bits per heavy atom. The summed E-state index contributed by atoms with van der Waals surface area (Å²) in [5, 5.41) is 6.18. The summed E-state index contributed by atoms with van der Waals surface area (Å²) in [5.41, 5.74) is 12.6. The Labute approximate surface area is 354 Å². The largest absolute Gasteiger partial charge is 0.246 e. The van der Waals surface area contributed by atoms with Gasteiger partial charge in [-0.05, 0) is 52.6 Å². The number of aromatic nitrogens is 3. The topological polar surface area (TPSA) is 38.7 Å². The first-order valence-corrected chi connectivity index (χ1v) is 21.7. The third-order valence-corrected chi connectivity index (χ3v) is 13.9. The quantitative estimate of drug-likeness (QED) is 0.168. The molecule has 60 heavy (non-hydrogen) atoms. The van der Waals surface area contributed by atoms with Crippen LogP contribution in [-0.4, -0.2) is 15.0 Å². The fraction of sp³-hybridized carbons (Fsp3) is 0. The van der Waals surface area contributed by atoms with Gasteiger partial charge in [-0.3, -0.25) is 0 Å². The molecule has 0 radical (unpaired) electrons. The summed E-state index contributed by atoms with van der Waals surface area (Å²) in [4.78, 5) is 16.1. The highest BCUT2D eigenvalue weighted by atomic mass is 32.1. The maximum absolute atomic E-state index is 5.51. The van der Waals surface area contributed by atoms with Gasteiger partial charge in [0.2, 0.25) is 0 Å². The third-order valence-electron chi connectivity index (χ3n) is 11.5. The molecule has 280 valence electrons. The second kappa shape index (κ2) is 14.2. The zero-order valence-corrected chi connectivity index (χ0v) is 33.8. The van der Waals surface area contributed by atoms with Crippen LogP contribution >= 0.6 is 22.7 Å². The molecule has 0 bridgehead atoms. The van der Waals surface area contributed by atoms with E-state index in [1.54, 1.807) is 0 Å². The highest BCUT2D eigenvalue weighted by molar-refractivity contribution is 7.26. The molecular weight excluding hydrogens is 767 g/mol. The molecule has 0 aliphatic rings. The maximum atomic E-state index is 5.51. The number of hydrogen-bond donors (Lipinski definition) is 0. The molecule has 12 aromatic rings. The van der Waals surface area contributed by atoms with Gasteiger partial charge in [-0.2, -0.15) is 0 Å². The van der Waals surface area contributed by atoms with Crippen LogP contribution in [0.1, 0.15) is 0 Å². The molecule has 12 rings (SSSR count). The number of hydrogen-bond acceptors (Lipinski definition) is 5. The van der Waals surface area contributed by atoms with E-state index in [4.69, 9.17) is 15.0 Å². The lowest BCUT2D eigenvalue weighted by molar-refractivity contribution is 1.19. The van der Waals surface area contributed by atoms with Crippen molar-refractivity contribution < 1.29 is 0 Å². The Kier molecular flexibility index (Phi) is 8.22. The fourth-order valence-electron chi connectivity index (χ4n) is 8.66. The molecule has 8 aromatic carbocycles. The van der Waals surface area contributed by atoms with Crippen LogP contribution < -0.4 is 0 Å². The maximum Gasteiger partial charge on any atom is 0.160 e. The first kappa shape index (κ1) is 34.7. The van der Waals surface area contributed by atoms with Crippen molar-refractivity contribution in [2.45, 2.75) is 0 Å². The number of rotatable bonds is 6. The highest BCUT2D eigenvalue weighted by Gasteiger charge is 2.20. The monoisotopic (exact) mass is 799 g/mol. The third kappa shape index (κ3) is 5.82. The second-order valence-corrected chi connectivity index (χ2v) is 17.2. The molecule has 4 aromatic heterocycles. The molecule has 5 heteroatoms. The molecule has 3 nitrogen and oxygen atoms in total. The van der Waals surface area contributed by atoms with Gasteiger partial charge in [-0.25, -0.2) is 15.0 Å². The van der Waals surface area contributed by atoms with Gasteiger partial charge < -0.3 is 0 Å². The van der Waals surface area contributed by atoms with Crippen molar-refractivity contribution >= 4 is 73.9 Å². The van der Waals surface area contributed by atoms with Crippen LogP contribution in [0.5, 0.6) is 0 Å².